The molecule has 0 aliphatic heterocycles. The summed E-state index contributed by atoms with van der Waals surface area (Å²) in [6, 6.07) is -0.117. The van der Waals surface area contributed by atoms with Crippen LogP contribution < -0.4 is 0 Å². The summed E-state index contributed by atoms with van der Waals surface area (Å²) in [5.41, 5.74) is 0.395. The number of hydrogen-bond acceptors (Lipinski definition) is 3. The summed E-state index contributed by atoms with van der Waals surface area (Å²) in [6.07, 6.45) is 3.67. The maximum Gasteiger partial charge on any atom is 0.323 e. The summed E-state index contributed by atoms with van der Waals surface area (Å²) in [5.74, 6) is -1.32. The first-order chi connectivity index (χ1) is 7.97. The Balaban J connectivity index is 2.94. The van der Waals surface area contributed by atoms with E-state index >= 15 is 0 Å². The normalized spacial score (nSPS) is 12.2. The Labute approximate surface area is 99.9 Å². The van der Waals surface area contributed by atoms with Gasteiger partial charge in [-0.3, -0.25) is 9.59 Å². The van der Waals surface area contributed by atoms with Crippen LogP contribution in [0.3, 0.4) is 0 Å². The minimum Gasteiger partial charge on any atom is -0.480 e. The maximum atomic E-state index is 12.2. The lowest BCUT2D eigenvalue weighted by Crippen LogP contribution is -2.42. The third-order valence-corrected chi connectivity index (χ3v) is 2.73. The molecule has 1 unspecified atom stereocenters. The number of carboxylic acids is 1. The molecule has 0 aliphatic rings. The lowest BCUT2D eigenvalue weighted by molar-refractivity contribution is -0.138. The van der Waals surface area contributed by atoms with Gasteiger partial charge in [0.1, 0.15) is 12.2 Å². The van der Waals surface area contributed by atoms with Gasteiger partial charge < -0.3 is 14.6 Å². The van der Waals surface area contributed by atoms with Crippen LogP contribution in [0.2, 0.25) is 0 Å². The molecule has 6 heteroatoms. The summed E-state index contributed by atoms with van der Waals surface area (Å²) in [6.45, 7) is 3.45. The molecule has 1 aromatic heterocycles. The molecule has 1 heterocycles. The molecular weight excluding hydrogens is 222 g/mol. The SMILES string of the molecule is CCC(C)N(CC(=O)O)C(=O)c1cncn1C. The van der Waals surface area contributed by atoms with Crippen molar-refractivity contribution in [2.45, 2.75) is 26.3 Å². The van der Waals surface area contributed by atoms with Crippen molar-refractivity contribution < 1.29 is 14.7 Å². The van der Waals surface area contributed by atoms with E-state index in [1.807, 2.05) is 13.8 Å². The van der Waals surface area contributed by atoms with Crippen LogP contribution in [0, 0.1) is 0 Å². The lowest BCUT2D eigenvalue weighted by atomic mass is 10.2. The molecule has 94 valence electrons. The lowest BCUT2D eigenvalue weighted by Gasteiger charge is -2.26. The summed E-state index contributed by atoms with van der Waals surface area (Å²) in [4.78, 5) is 28.1. The molecule has 0 aromatic carbocycles. The molecule has 1 N–H and O–H groups in total. The van der Waals surface area contributed by atoms with E-state index in [0.717, 1.165) is 0 Å². The highest BCUT2D eigenvalue weighted by atomic mass is 16.4. The zero-order chi connectivity index (χ0) is 13.0. The Bertz CT molecular complexity index is 414. The second-order valence-corrected chi connectivity index (χ2v) is 3.97. The van der Waals surface area contributed by atoms with Gasteiger partial charge in [-0.25, -0.2) is 4.98 Å². The van der Waals surface area contributed by atoms with Crippen molar-refractivity contribution in [3.63, 3.8) is 0 Å². The number of carbonyl (C=O) groups excluding carboxylic acids is 1. The molecule has 17 heavy (non-hydrogen) atoms. The van der Waals surface area contributed by atoms with Crippen molar-refractivity contribution in [3.05, 3.63) is 18.2 Å². The average molecular weight is 239 g/mol. The summed E-state index contributed by atoms with van der Waals surface area (Å²) in [7, 11) is 1.70. The molecule has 1 atom stereocenters. The standard InChI is InChI=1S/C11H17N3O3/c1-4-8(2)14(6-10(15)16)11(17)9-5-12-7-13(9)3/h5,7-8H,4,6H2,1-3H3,(H,15,16). The molecule has 1 aromatic rings. The Morgan fingerprint density at radius 3 is 2.65 bits per heavy atom. The van der Waals surface area contributed by atoms with E-state index in [-0.39, 0.29) is 18.5 Å². The molecule has 0 saturated carbocycles. The van der Waals surface area contributed by atoms with Crippen LogP contribution in [0.15, 0.2) is 12.5 Å². The topological polar surface area (TPSA) is 75.4 Å². The van der Waals surface area contributed by atoms with Crippen molar-refractivity contribution >= 4 is 11.9 Å². The van der Waals surface area contributed by atoms with Crippen molar-refractivity contribution in [1.29, 1.82) is 0 Å². The minimum absolute atomic E-state index is 0.117. The maximum absolute atomic E-state index is 12.2. The van der Waals surface area contributed by atoms with Crippen LogP contribution in [0.5, 0.6) is 0 Å². The number of carboxylic acid groups (broad SMARTS) is 1. The first kappa shape index (κ1) is 13.2. The molecule has 0 radical (unpaired) electrons. The van der Waals surface area contributed by atoms with Gasteiger partial charge in [-0.05, 0) is 13.3 Å². The molecular formula is C11H17N3O3. The van der Waals surface area contributed by atoms with Gasteiger partial charge in [-0.1, -0.05) is 6.92 Å². The summed E-state index contributed by atoms with van der Waals surface area (Å²) in [5, 5.41) is 8.83. The average Bonchev–Trinajstić information content (AvgIpc) is 2.70. The highest BCUT2D eigenvalue weighted by Crippen LogP contribution is 2.09. The highest BCUT2D eigenvalue weighted by molar-refractivity contribution is 5.94. The molecule has 0 bridgehead atoms. The molecule has 6 nitrogen and oxygen atoms in total. The number of imidazole rings is 1. The Hall–Kier alpha value is -1.85. The fourth-order valence-electron chi connectivity index (χ4n) is 1.50. The minimum atomic E-state index is -1.01. The van der Waals surface area contributed by atoms with Crippen LogP contribution in [-0.2, 0) is 11.8 Å². The van der Waals surface area contributed by atoms with Crippen LogP contribution in [0.25, 0.3) is 0 Å². The van der Waals surface area contributed by atoms with Gasteiger partial charge in [0.2, 0.25) is 0 Å². The van der Waals surface area contributed by atoms with Gasteiger partial charge in [0, 0.05) is 13.1 Å². The number of hydrogen-bond donors (Lipinski definition) is 1. The Morgan fingerprint density at radius 2 is 2.24 bits per heavy atom. The molecule has 0 spiro atoms. The van der Waals surface area contributed by atoms with Gasteiger partial charge in [0.05, 0.1) is 12.5 Å². The second-order valence-electron chi connectivity index (χ2n) is 3.97. The van der Waals surface area contributed by atoms with Gasteiger partial charge >= 0.3 is 5.97 Å². The number of amides is 1. The number of rotatable bonds is 5. The monoisotopic (exact) mass is 239 g/mol. The zero-order valence-corrected chi connectivity index (χ0v) is 10.3. The highest BCUT2D eigenvalue weighted by Gasteiger charge is 2.24. The molecule has 0 saturated heterocycles. The molecule has 0 fully saturated rings. The van der Waals surface area contributed by atoms with Gasteiger partial charge in [-0.2, -0.15) is 0 Å². The molecule has 1 amide bonds. The smallest absolute Gasteiger partial charge is 0.323 e. The fraction of sp³-hybridized carbons (Fsp3) is 0.545. The Morgan fingerprint density at radius 1 is 1.59 bits per heavy atom. The zero-order valence-electron chi connectivity index (χ0n) is 10.3. The fourth-order valence-corrected chi connectivity index (χ4v) is 1.50. The third-order valence-electron chi connectivity index (χ3n) is 2.73. The number of aryl methyl sites for hydroxylation is 1. The van der Waals surface area contributed by atoms with Gasteiger partial charge in [-0.15, -0.1) is 0 Å². The third kappa shape index (κ3) is 3.05. The van der Waals surface area contributed by atoms with E-state index in [0.29, 0.717) is 12.1 Å². The van der Waals surface area contributed by atoms with Crippen LogP contribution in [0.1, 0.15) is 30.8 Å². The van der Waals surface area contributed by atoms with Gasteiger partial charge in [0.25, 0.3) is 5.91 Å². The van der Waals surface area contributed by atoms with E-state index in [1.165, 1.54) is 17.4 Å². The summed E-state index contributed by atoms with van der Waals surface area (Å²) < 4.78 is 1.58. The second kappa shape index (κ2) is 5.47. The molecule has 0 aliphatic carbocycles. The predicted molar refractivity (Wildman–Crippen MR) is 61.6 cm³/mol. The largest absolute Gasteiger partial charge is 0.480 e. The quantitative estimate of drug-likeness (QED) is 0.822. The first-order valence-corrected chi connectivity index (χ1v) is 5.46. The predicted octanol–water partition coefficient (Wildman–Crippen LogP) is 0.745. The number of carbonyl (C=O) groups is 2. The summed E-state index contributed by atoms with van der Waals surface area (Å²) >= 11 is 0. The number of aliphatic carboxylic acids is 1. The Kier molecular flexibility index (Phi) is 4.25. The van der Waals surface area contributed by atoms with Crippen LogP contribution in [-0.4, -0.2) is 44.0 Å². The van der Waals surface area contributed by atoms with E-state index in [2.05, 4.69) is 4.98 Å². The van der Waals surface area contributed by atoms with E-state index in [1.54, 1.807) is 11.6 Å². The number of aromatic nitrogens is 2. The van der Waals surface area contributed by atoms with Crippen LogP contribution >= 0.6 is 0 Å². The van der Waals surface area contributed by atoms with Crippen molar-refractivity contribution in [3.8, 4) is 0 Å². The van der Waals surface area contributed by atoms with Crippen molar-refractivity contribution in [2.24, 2.45) is 7.05 Å². The van der Waals surface area contributed by atoms with E-state index in [9.17, 15) is 9.59 Å². The van der Waals surface area contributed by atoms with E-state index in [4.69, 9.17) is 5.11 Å². The van der Waals surface area contributed by atoms with Crippen molar-refractivity contribution in [1.82, 2.24) is 14.5 Å². The first-order valence-electron chi connectivity index (χ1n) is 5.46. The van der Waals surface area contributed by atoms with E-state index < -0.39 is 5.97 Å². The van der Waals surface area contributed by atoms with Crippen LogP contribution in [0.4, 0.5) is 0 Å². The molecule has 1 rings (SSSR count). The number of nitrogens with zero attached hydrogens (tertiary/aromatic N) is 3. The van der Waals surface area contributed by atoms with Gasteiger partial charge in [0.15, 0.2) is 0 Å². The van der Waals surface area contributed by atoms with Crippen molar-refractivity contribution in [2.75, 3.05) is 6.54 Å².